The SMILES string of the molecule is CCN(CC)CCOc1ccc2oc(-c3cc4cc(OCCN(CC)CC)ccc4o3)cc2c1. The molecule has 0 aliphatic carbocycles. The largest absolute Gasteiger partial charge is 0.492 e. The molecule has 0 aliphatic rings. The van der Waals surface area contributed by atoms with Crippen molar-refractivity contribution in [2.45, 2.75) is 27.7 Å². The summed E-state index contributed by atoms with van der Waals surface area (Å²) in [4.78, 5) is 4.69. The van der Waals surface area contributed by atoms with E-state index in [1.807, 2.05) is 48.5 Å². The fraction of sp³-hybridized carbons (Fsp3) is 0.429. The molecule has 6 nitrogen and oxygen atoms in total. The first-order chi connectivity index (χ1) is 16.6. The van der Waals surface area contributed by atoms with Crippen LogP contribution in [-0.4, -0.2) is 62.3 Å². The van der Waals surface area contributed by atoms with Crippen molar-refractivity contribution in [2.75, 3.05) is 52.5 Å². The third-order valence-corrected chi connectivity index (χ3v) is 6.36. The maximum atomic E-state index is 6.07. The van der Waals surface area contributed by atoms with E-state index in [0.717, 1.165) is 72.7 Å². The van der Waals surface area contributed by atoms with Gasteiger partial charge in [-0.3, -0.25) is 0 Å². The lowest BCUT2D eigenvalue weighted by Gasteiger charge is -2.17. The number of hydrogen-bond donors (Lipinski definition) is 0. The van der Waals surface area contributed by atoms with Crippen molar-refractivity contribution < 1.29 is 18.3 Å². The van der Waals surface area contributed by atoms with Crippen molar-refractivity contribution in [1.29, 1.82) is 0 Å². The number of furan rings is 2. The Balaban J connectivity index is 1.44. The van der Waals surface area contributed by atoms with Crippen molar-refractivity contribution >= 4 is 21.9 Å². The number of nitrogens with zero attached hydrogens (tertiary/aromatic N) is 2. The van der Waals surface area contributed by atoms with Gasteiger partial charge in [0.25, 0.3) is 0 Å². The van der Waals surface area contributed by atoms with Crippen LogP contribution in [0.1, 0.15) is 27.7 Å². The Kier molecular flexibility index (Phi) is 8.14. The normalized spacial score (nSPS) is 11.8. The van der Waals surface area contributed by atoms with Crippen molar-refractivity contribution in [3.8, 4) is 23.0 Å². The average molecular weight is 465 g/mol. The van der Waals surface area contributed by atoms with Gasteiger partial charge >= 0.3 is 0 Å². The minimum atomic E-state index is 0.667. The van der Waals surface area contributed by atoms with Crippen molar-refractivity contribution in [3.63, 3.8) is 0 Å². The number of benzene rings is 2. The fourth-order valence-corrected chi connectivity index (χ4v) is 4.13. The van der Waals surface area contributed by atoms with Crippen LogP contribution >= 0.6 is 0 Å². The lowest BCUT2D eigenvalue weighted by Crippen LogP contribution is -2.27. The van der Waals surface area contributed by atoms with Gasteiger partial charge in [-0.15, -0.1) is 0 Å². The Hall–Kier alpha value is -2.96. The zero-order valence-corrected chi connectivity index (χ0v) is 20.8. The van der Waals surface area contributed by atoms with Crippen LogP contribution in [-0.2, 0) is 0 Å². The molecule has 2 heterocycles. The molecular formula is C28H36N2O4. The summed E-state index contributed by atoms with van der Waals surface area (Å²) in [6.45, 7) is 16.0. The Labute approximate surface area is 202 Å². The summed E-state index contributed by atoms with van der Waals surface area (Å²) in [6, 6.07) is 15.9. The molecule has 4 aromatic rings. The van der Waals surface area contributed by atoms with Crippen LogP contribution in [0.4, 0.5) is 0 Å². The molecule has 0 N–H and O–H groups in total. The van der Waals surface area contributed by atoms with E-state index in [-0.39, 0.29) is 0 Å². The predicted molar refractivity (Wildman–Crippen MR) is 138 cm³/mol. The molecule has 0 fully saturated rings. The summed E-state index contributed by atoms with van der Waals surface area (Å²) in [6.07, 6.45) is 0. The highest BCUT2D eigenvalue weighted by molar-refractivity contribution is 5.87. The summed E-state index contributed by atoms with van der Waals surface area (Å²) >= 11 is 0. The summed E-state index contributed by atoms with van der Waals surface area (Å²) in [7, 11) is 0. The van der Waals surface area contributed by atoms with Crippen LogP contribution in [0.2, 0.25) is 0 Å². The van der Waals surface area contributed by atoms with Crippen molar-refractivity contribution in [1.82, 2.24) is 9.80 Å². The predicted octanol–water partition coefficient (Wildman–Crippen LogP) is 6.29. The van der Waals surface area contributed by atoms with Gasteiger partial charge in [0.1, 0.15) is 35.9 Å². The lowest BCUT2D eigenvalue weighted by atomic mass is 10.2. The third-order valence-electron chi connectivity index (χ3n) is 6.36. The Morgan fingerprint density at radius 2 is 1.00 bits per heavy atom. The maximum Gasteiger partial charge on any atom is 0.170 e. The highest BCUT2D eigenvalue weighted by atomic mass is 16.5. The molecule has 0 amide bonds. The second-order valence-electron chi connectivity index (χ2n) is 8.37. The van der Waals surface area contributed by atoms with E-state index in [9.17, 15) is 0 Å². The summed E-state index contributed by atoms with van der Waals surface area (Å²) < 4.78 is 24.1. The lowest BCUT2D eigenvalue weighted by molar-refractivity contribution is 0.223. The molecule has 182 valence electrons. The molecule has 2 aromatic heterocycles. The molecule has 0 bridgehead atoms. The minimum absolute atomic E-state index is 0.667. The molecule has 0 radical (unpaired) electrons. The molecule has 0 saturated heterocycles. The first kappa shape index (κ1) is 24.2. The van der Waals surface area contributed by atoms with Gasteiger partial charge in [0.2, 0.25) is 0 Å². The van der Waals surface area contributed by atoms with Gasteiger partial charge in [0.15, 0.2) is 11.5 Å². The molecule has 0 aliphatic heterocycles. The number of hydrogen-bond acceptors (Lipinski definition) is 6. The molecule has 4 rings (SSSR count). The zero-order valence-electron chi connectivity index (χ0n) is 20.8. The van der Waals surface area contributed by atoms with Gasteiger partial charge in [-0.2, -0.15) is 0 Å². The highest BCUT2D eigenvalue weighted by Crippen LogP contribution is 2.34. The van der Waals surface area contributed by atoms with E-state index in [1.54, 1.807) is 0 Å². The van der Waals surface area contributed by atoms with E-state index in [1.165, 1.54) is 0 Å². The van der Waals surface area contributed by atoms with Gasteiger partial charge in [0, 0.05) is 23.9 Å². The third kappa shape index (κ3) is 5.75. The number of ether oxygens (including phenoxy) is 2. The van der Waals surface area contributed by atoms with Crippen molar-refractivity contribution in [3.05, 3.63) is 48.5 Å². The van der Waals surface area contributed by atoms with E-state index in [4.69, 9.17) is 18.3 Å². The van der Waals surface area contributed by atoms with E-state index in [2.05, 4.69) is 37.5 Å². The van der Waals surface area contributed by atoms with Gasteiger partial charge in [-0.25, -0.2) is 0 Å². The smallest absolute Gasteiger partial charge is 0.170 e. The molecule has 34 heavy (non-hydrogen) atoms. The fourth-order valence-electron chi connectivity index (χ4n) is 4.13. The molecule has 6 heteroatoms. The highest BCUT2D eigenvalue weighted by Gasteiger charge is 2.13. The first-order valence-electron chi connectivity index (χ1n) is 12.4. The van der Waals surface area contributed by atoms with Gasteiger partial charge in [-0.05, 0) is 74.7 Å². The van der Waals surface area contributed by atoms with Crippen LogP contribution in [0, 0.1) is 0 Å². The second kappa shape index (κ2) is 11.4. The second-order valence-corrected chi connectivity index (χ2v) is 8.37. The standard InChI is InChI=1S/C28H36N2O4/c1-5-29(6-2)13-15-31-23-9-11-25-21(17-23)19-27(33-25)28-20-22-18-24(10-12-26(22)34-28)32-16-14-30(7-3)8-4/h9-12,17-20H,5-8,13-16H2,1-4H3. The monoisotopic (exact) mass is 464 g/mol. The molecule has 2 aromatic carbocycles. The van der Waals surface area contributed by atoms with Gasteiger partial charge in [-0.1, -0.05) is 27.7 Å². The van der Waals surface area contributed by atoms with Gasteiger partial charge in [0.05, 0.1) is 0 Å². The first-order valence-corrected chi connectivity index (χ1v) is 12.4. The van der Waals surface area contributed by atoms with Crippen LogP contribution in [0.5, 0.6) is 11.5 Å². The summed E-state index contributed by atoms with van der Waals surface area (Å²) in [5.41, 5.74) is 1.62. The molecule has 0 spiro atoms. The Morgan fingerprint density at radius 3 is 1.38 bits per heavy atom. The number of rotatable bonds is 13. The van der Waals surface area contributed by atoms with E-state index < -0.39 is 0 Å². The van der Waals surface area contributed by atoms with E-state index in [0.29, 0.717) is 24.7 Å². The maximum absolute atomic E-state index is 6.07. The molecule has 0 atom stereocenters. The topological polar surface area (TPSA) is 51.2 Å². The van der Waals surface area contributed by atoms with Gasteiger partial charge < -0.3 is 28.1 Å². The van der Waals surface area contributed by atoms with Crippen LogP contribution < -0.4 is 9.47 Å². The quantitative estimate of drug-likeness (QED) is 0.232. The minimum Gasteiger partial charge on any atom is -0.492 e. The van der Waals surface area contributed by atoms with Crippen LogP contribution in [0.3, 0.4) is 0 Å². The molecule has 0 saturated carbocycles. The Bertz CT molecular complexity index is 1090. The summed E-state index contributed by atoms with van der Waals surface area (Å²) in [5, 5.41) is 1.99. The van der Waals surface area contributed by atoms with E-state index >= 15 is 0 Å². The molecule has 0 unspecified atom stereocenters. The van der Waals surface area contributed by atoms with Crippen LogP contribution in [0.25, 0.3) is 33.5 Å². The zero-order chi connectivity index (χ0) is 23.9. The van der Waals surface area contributed by atoms with Crippen LogP contribution in [0.15, 0.2) is 57.4 Å². The summed E-state index contributed by atoms with van der Waals surface area (Å²) in [5.74, 6) is 3.11. The number of fused-ring (bicyclic) bond motifs is 2. The molecular weight excluding hydrogens is 428 g/mol. The number of likely N-dealkylation sites (N-methyl/N-ethyl adjacent to an activating group) is 2. The Morgan fingerprint density at radius 1 is 0.588 bits per heavy atom. The van der Waals surface area contributed by atoms with Crippen molar-refractivity contribution in [2.24, 2.45) is 0 Å². The average Bonchev–Trinajstić information content (AvgIpc) is 3.48.